The molecule has 1 aliphatic carbocycles. The number of benzene rings is 1. The maximum atomic E-state index is 12.3. The molecular formula is C16H22BrNO. The van der Waals surface area contributed by atoms with Gasteiger partial charge in [0.1, 0.15) is 0 Å². The molecule has 1 amide bonds. The smallest absolute Gasteiger partial charge is 0.225 e. The summed E-state index contributed by atoms with van der Waals surface area (Å²) in [7, 11) is 0. The molecule has 1 aromatic carbocycles. The van der Waals surface area contributed by atoms with Gasteiger partial charge in [-0.25, -0.2) is 0 Å². The predicted molar refractivity (Wildman–Crippen MR) is 82.3 cm³/mol. The summed E-state index contributed by atoms with van der Waals surface area (Å²) in [6.45, 7) is 2.76. The molecule has 104 valence electrons. The molecule has 0 aliphatic heterocycles. The third kappa shape index (κ3) is 3.82. The maximum Gasteiger partial charge on any atom is 0.225 e. The van der Waals surface area contributed by atoms with Gasteiger partial charge in [-0.2, -0.15) is 0 Å². The van der Waals surface area contributed by atoms with Crippen LogP contribution < -0.4 is 5.32 Å². The molecule has 1 fully saturated rings. The van der Waals surface area contributed by atoms with E-state index in [0.717, 1.165) is 12.8 Å². The second-order valence-electron chi connectivity index (χ2n) is 5.71. The molecule has 0 bridgehead atoms. The fraction of sp³-hybridized carbons (Fsp3) is 0.562. The number of hydrogen-bond acceptors (Lipinski definition) is 1. The molecule has 1 aromatic rings. The Morgan fingerprint density at radius 3 is 2.53 bits per heavy atom. The lowest BCUT2D eigenvalue weighted by Crippen LogP contribution is -2.41. The molecule has 1 saturated carbocycles. The van der Waals surface area contributed by atoms with Crippen molar-refractivity contribution in [3.63, 3.8) is 0 Å². The second kappa shape index (κ2) is 6.56. The van der Waals surface area contributed by atoms with Gasteiger partial charge in [-0.3, -0.25) is 4.79 Å². The van der Waals surface area contributed by atoms with Crippen molar-refractivity contribution in [2.75, 3.05) is 6.54 Å². The summed E-state index contributed by atoms with van der Waals surface area (Å²) < 4.78 is 0. The molecule has 2 nitrogen and oxygen atoms in total. The van der Waals surface area contributed by atoms with Crippen LogP contribution in [0.15, 0.2) is 30.3 Å². The van der Waals surface area contributed by atoms with Crippen molar-refractivity contribution < 1.29 is 4.79 Å². The standard InChI is InChI=1S/C16H22BrNO/c1-16(10-6-3-7-11-16)15(19)18-12-14(17)13-8-4-2-5-9-13/h2,4-5,8-9,14H,3,6-7,10-12H2,1H3,(H,18,19). The van der Waals surface area contributed by atoms with E-state index in [2.05, 4.69) is 40.3 Å². The van der Waals surface area contributed by atoms with Crippen molar-refractivity contribution in [2.24, 2.45) is 5.41 Å². The first kappa shape index (κ1) is 14.6. The fourth-order valence-electron chi connectivity index (χ4n) is 2.73. The summed E-state index contributed by atoms with van der Waals surface area (Å²) in [4.78, 5) is 12.5. The minimum Gasteiger partial charge on any atom is -0.354 e. The first-order valence-electron chi connectivity index (χ1n) is 7.09. The Hall–Kier alpha value is -0.830. The van der Waals surface area contributed by atoms with E-state index >= 15 is 0 Å². The zero-order valence-electron chi connectivity index (χ0n) is 11.5. The number of carbonyl (C=O) groups is 1. The summed E-state index contributed by atoms with van der Waals surface area (Å²) in [6, 6.07) is 10.2. The van der Waals surface area contributed by atoms with Crippen LogP contribution in [0.5, 0.6) is 0 Å². The van der Waals surface area contributed by atoms with Crippen LogP contribution in [0.2, 0.25) is 0 Å². The normalized spacial score (nSPS) is 19.7. The Morgan fingerprint density at radius 2 is 1.89 bits per heavy atom. The van der Waals surface area contributed by atoms with Crippen LogP contribution in [0.3, 0.4) is 0 Å². The highest BCUT2D eigenvalue weighted by Gasteiger charge is 2.34. The number of rotatable bonds is 4. The van der Waals surface area contributed by atoms with E-state index in [1.165, 1.54) is 24.8 Å². The van der Waals surface area contributed by atoms with Crippen molar-refractivity contribution >= 4 is 21.8 Å². The van der Waals surface area contributed by atoms with Gasteiger partial charge in [0.2, 0.25) is 5.91 Å². The van der Waals surface area contributed by atoms with Crippen LogP contribution in [0, 0.1) is 5.41 Å². The number of carbonyl (C=O) groups excluding carboxylic acids is 1. The van der Waals surface area contributed by atoms with Gasteiger partial charge < -0.3 is 5.32 Å². The number of halogens is 1. The summed E-state index contributed by atoms with van der Waals surface area (Å²) >= 11 is 3.64. The van der Waals surface area contributed by atoms with E-state index in [1.54, 1.807) is 0 Å². The van der Waals surface area contributed by atoms with Crippen LogP contribution in [0.4, 0.5) is 0 Å². The van der Waals surface area contributed by atoms with Crippen molar-refractivity contribution in [3.8, 4) is 0 Å². The van der Waals surface area contributed by atoms with Crippen molar-refractivity contribution in [1.82, 2.24) is 5.32 Å². The number of amides is 1. The highest BCUT2D eigenvalue weighted by molar-refractivity contribution is 9.09. The molecule has 0 heterocycles. The summed E-state index contributed by atoms with van der Waals surface area (Å²) in [5.74, 6) is 0.215. The number of hydrogen-bond donors (Lipinski definition) is 1. The molecule has 0 radical (unpaired) electrons. The van der Waals surface area contributed by atoms with Crippen LogP contribution in [0.1, 0.15) is 49.4 Å². The first-order valence-corrected chi connectivity index (χ1v) is 8.01. The van der Waals surface area contributed by atoms with Crippen LogP contribution >= 0.6 is 15.9 Å². The van der Waals surface area contributed by atoms with Gasteiger partial charge in [0, 0.05) is 12.0 Å². The van der Waals surface area contributed by atoms with E-state index in [1.807, 2.05) is 18.2 Å². The third-order valence-corrected chi connectivity index (χ3v) is 4.96. The highest BCUT2D eigenvalue weighted by Crippen LogP contribution is 2.36. The zero-order chi connectivity index (χ0) is 13.7. The monoisotopic (exact) mass is 323 g/mol. The minimum atomic E-state index is -0.151. The van der Waals surface area contributed by atoms with Crippen LogP contribution in [-0.2, 0) is 4.79 Å². The Labute approximate surface area is 124 Å². The molecular weight excluding hydrogens is 302 g/mol. The van der Waals surface area contributed by atoms with Gasteiger partial charge in [-0.15, -0.1) is 0 Å². The van der Waals surface area contributed by atoms with Gasteiger partial charge in [-0.05, 0) is 18.4 Å². The van der Waals surface area contributed by atoms with E-state index in [0.29, 0.717) is 6.54 Å². The van der Waals surface area contributed by atoms with Crippen LogP contribution in [-0.4, -0.2) is 12.5 Å². The molecule has 0 aromatic heterocycles. The lowest BCUT2D eigenvalue weighted by molar-refractivity contribution is -0.131. The largest absolute Gasteiger partial charge is 0.354 e. The average molecular weight is 324 g/mol. The lowest BCUT2D eigenvalue weighted by atomic mass is 9.75. The van der Waals surface area contributed by atoms with Crippen LogP contribution in [0.25, 0.3) is 0 Å². The SMILES string of the molecule is CC1(C(=O)NCC(Br)c2ccccc2)CCCCC1. The Bertz CT molecular complexity index is 412. The van der Waals surface area contributed by atoms with E-state index in [4.69, 9.17) is 0 Å². The topological polar surface area (TPSA) is 29.1 Å². The number of alkyl halides is 1. The summed E-state index contributed by atoms with van der Waals surface area (Å²) in [5.41, 5.74) is 1.05. The predicted octanol–water partition coefficient (Wildman–Crippen LogP) is 4.21. The zero-order valence-corrected chi connectivity index (χ0v) is 13.1. The Balaban J connectivity index is 1.86. The van der Waals surface area contributed by atoms with Gasteiger partial charge in [0.15, 0.2) is 0 Å². The van der Waals surface area contributed by atoms with Crippen molar-refractivity contribution in [1.29, 1.82) is 0 Å². The van der Waals surface area contributed by atoms with Gasteiger partial charge in [0.05, 0.1) is 4.83 Å². The molecule has 1 atom stereocenters. The Morgan fingerprint density at radius 1 is 1.26 bits per heavy atom. The maximum absolute atomic E-state index is 12.3. The molecule has 1 aliphatic rings. The highest BCUT2D eigenvalue weighted by atomic mass is 79.9. The molecule has 3 heteroatoms. The van der Waals surface area contributed by atoms with Gasteiger partial charge in [-0.1, -0.05) is 72.4 Å². The van der Waals surface area contributed by atoms with Gasteiger partial charge >= 0.3 is 0 Å². The third-order valence-electron chi connectivity index (χ3n) is 4.11. The second-order valence-corrected chi connectivity index (χ2v) is 6.81. The Kier molecular flexibility index (Phi) is 5.03. The lowest BCUT2D eigenvalue weighted by Gasteiger charge is -2.32. The molecule has 0 spiro atoms. The molecule has 19 heavy (non-hydrogen) atoms. The van der Waals surface area contributed by atoms with Crippen molar-refractivity contribution in [2.45, 2.75) is 43.9 Å². The molecule has 0 saturated heterocycles. The molecule has 2 rings (SSSR count). The number of nitrogens with one attached hydrogen (secondary N) is 1. The summed E-state index contributed by atoms with van der Waals surface area (Å²) in [6.07, 6.45) is 5.68. The van der Waals surface area contributed by atoms with Gasteiger partial charge in [0.25, 0.3) is 0 Å². The molecule has 1 N–H and O–H groups in total. The first-order chi connectivity index (χ1) is 9.12. The molecule has 1 unspecified atom stereocenters. The van der Waals surface area contributed by atoms with E-state index < -0.39 is 0 Å². The fourth-order valence-corrected chi connectivity index (χ4v) is 3.20. The minimum absolute atomic E-state index is 0.151. The van der Waals surface area contributed by atoms with E-state index in [-0.39, 0.29) is 16.1 Å². The van der Waals surface area contributed by atoms with E-state index in [9.17, 15) is 4.79 Å². The average Bonchev–Trinajstić information content (AvgIpc) is 2.46. The quantitative estimate of drug-likeness (QED) is 0.826. The summed E-state index contributed by atoms with van der Waals surface area (Å²) in [5, 5.41) is 3.11. The van der Waals surface area contributed by atoms with Crippen molar-refractivity contribution in [3.05, 3.63) is 35.9 Å².